The first-order valence-electron chi connectivity index (χ1n) is 5.50. The normalized spacial score (nSPS) is 10.1. The molecule has 1 heterocycles. The first-order chi connectivity index (χ1) is 8.69. The molecule has 0 radical (unpaired) electrons. The minimum atomic E-state index is -0.150. The lowest BCUT2D eigenvalue weighted by Gasteiger charge is -2.04. The van der Waals surface area contributed by atoms with Crippen LogP contribution in [0.5, 0.6) is 6.01 Å². The SMILES string of the molecule is COc1n[nH]c(NC(=O)Cc2ccccc2C)n1. The Kier molecular flexibility index (Phi) is 3.57. The minimum Gasteiger partial charge on any atom is -0.466 e. The summed E-state index contributed by atoms with van der Waals surface area (Å²) in [5, 5.41) is 8.93. The molecule has 6 heteroatoms. The number of carbonyl (C=O) groups is 1. The molecule has 2 aromatic rings. The fourth-order valence-electron chi connectivity index (χ4n) is 1.55. The molecule has 0 aliphatic rings. The zero-order chi connectivity index (χ0) is 13.0. The molecule has 0 aliphatic heterocycles. The number of H-pyrrole nitrogens is 1. The highest BCUT2D eigenvalue weighted by Gasteiger charge is 2.09. The molecule has 2 N–H and O–H groups in total. The Bertz CT molecular complexity index is 551. The highest BCUT2D eigenvalue weighted by molar-refractivity contribution is 5.90. The van der Waals surface area contributed by atoms with Gasteiger partial charge in [0.2, 0.25) is 11.9 Å². The third-order valence-corrected chi connectivity index (χ3v) is 2.52. The number of aromatic nitrogens is 3. The number of amides is 1. The Labute approximate surface area is 104 Å². The molecular weight excluding hydrogens is 232 g/mol. The number of hydrogen-bond acceptors (Lipinski definition) is 4. The van der Waals surface area contributed by atoms with Crippen molar-refractivity contribution in [1.29, 1.82) is 0 Å². The van der Waals surface area contributed by atoms with E-state index in [4.69, 9.17) is 4.74 Å². The number of rotatable bonds is 4. The van der Waals surface area contributed by atoms with Gasteiger partial charge >= 0.3 is 6.01 Å². The molecular formula is C12H14N4O2. The average Bonchev–Trinajstić information content (AvgIpc) is 2.80. The summed E-state index contributed by atoms with van der Waals surface area (Å²) in [7, 11) is 1.46. The maximum absolute atomic E-state index is 11.8. The number of aryl methyl sites for hydroxylation is 1. The van der Waals surface area contributed by atoms with E-state index in [1.165, 1.54) is 7.11 Å². The monoisotopic (exact) mass is 246 g/mol. The summed E-state index contributed by atoms with van der Waals surface area (Å²) in [5.74, 6) is 0.133. The van der Waals surface area contributed by atoms with Crippen LogP contribution in [0, 0.1) is 6.92 Å². The van der Waals surface area contributed by atoms with E-state index in [0.717, 1.165) is 11.1 Å². The Morgan fingerprint density at radius 1 is 1.44 bits per heavy atom. The van der Waals surface area contributed by atoms with Gasteiger partial charge in [-0.15, -0.1) is 5.10 Å². The molecule has 0 atom stereocenters. The number of anilines is 1. The lowest BCUT2D eigenvalue weighted by atomic mass is 10.1. The lowest BCUT2D eigenvalue weighted by molar-refractivity contribution is -0.115. The van der Waals surface area contributed by atoms with E-state index in [2.05, 4.69) is 20.5 Å². The highest BCUT2D eigenvalue weighted by Crippen LogP contribution is 2.09. The number of nitrogens with one attached hydrogen (secondary N) is 2. The van der Waals surface area contributed by atoms with Crippen LogP contribution in [0.15, 0.2) is 24.3 Å². The van der Waals surface area contributed by atoms with Crippen LogP contribution in [0.2, 0.25) is 0 Å². The summed E-state index contributed by atoms with van der Waals surface area (Å²) >= 11 is 0. The highest BCUT2D eigenvalue weighted by atomic mass is 16.5. The van der Waals surface area contributed by atoms with Crippen LogP contribution in [0.3, 0.4) is 0 Å². The Morgan fingerprint density at radius 3 is 2.89 bits per heavy atom. The molecule has 94 valence electrons. The quantitative estimate of drug-likeness (QED) is 0.852. The fourth-order valence-corrected chi connectivity index (χ4v) is 1.55. The predicted molar refractivity (Wildman–Crippen MR) is 66.4 cm³/mol. The van der Waals surface area contributed by atoms with E-state index < -0.39 is 0 Å². The summed E-state index contributed by atoms with van der Waals surface area (Å²) in [6.07, 6.45) is 0.301. The van der Waals surface area contributed by atoms with Gasteiger partial charge in [0.1, 0.15) is 0 Å². The second kappa shape index (κ2) is 5.31. The molecule has 0 unspecified atom stereocenters. The van der Waals surface area contributed by atoms with E-state index in [1.54, 1.807) is 0 Å². The van der Waals surface area contributed by atoms with Crippen molar-refractivity contribution < 1.29 is 9.53 Å². The van der Waals surface area contributed by atoms with Crippen LogP contribution in [-0.4, -0.2) is 28.2 Å². The Morgan fingerprint density at radius 2 is 2.22 bits per heavy atom. The molecule has 0 spiro atoms. The summed E-state index contributed by atoms with van der Waals surface area (Å²) in [6, 6.07) is 7.95. The van der Waals surface area contributed by atoms with Gasteiger partial charge in [0.15, 0.2) is 0 Å². The molecule has 0 bridgehead atoms. The van der Waals surface area contributed by atoms with Gasteiger partial charge in [-0.05, 0) is 18.1 Å². The zero-order valence-corrected chi connectivity index (χ0v) is 10.2. The van der Waals surface area contributed by atoms with Crippen molar-refractivity contribution in [2.75, 3.05) is 12.4 Å². The van der Waals surface area contributed by atoms with E-state index in [1.807, 2.05) is 31.2 Å². The van der Waals surface area contributed by atoms with Crippen molar-refractivity contribution in [1.82, 2.24) is 15.2 Å². The third kappa shape index (κ3) is 2.85. The standard InChI is InChI=1S/C12H14N4O2/c1-8-5-3-4-6-9(8)7-10(17)13-11-14-12(18-2)16-15-11/h3-6H,7H2,1-2H3,(H2,13,14,15,16,17). The zero-order valence-electron chi connectivity index (χ0n) is 10.2. The van der Waals surface area contributed by atoms with Gasteiger partial charge in [0, 0.05) is 0 Å². The molecule has 6 nitrogen and oxygen atoms in total. The number of carbonyl (C=O) groups excluding carboxylic acids is 1. The number of benzene rings is 1. The minimum absolute atomic E-state index is 0.150. The second-order valence-electron chi connectivity index (χ2n) is 3.82. The molecule has 1 amide bonds. The van der Waals surface area contributed by atoms with Gasteiger partial charge in [0.25, 0.3) is 0 Å². The molecule has 0 fully saturated rings. The fraction of sp³-hybridized carbons (Fsp3) is 0.250. The molecule has 1 aromatic heterocycles. The number of hydrogen-bond donors (Lipinski definition) is 2. The maximum atomic E-state index is 11.8. The van der Waals surface area contributed by atoms with Crippen molar-refractivity contribution in [3.05, 3.63) is 35.4 Å². The van der Waals surface area contributed by atoms with Crippen molar-refractivity contribution in [2.45, 2.75) is 13.3 Å². The van der Waals surface area contributed by atoms with E-state index in [-0.39, 0.29) is 17.9 Å². The summed E-state index contributed by atoms with van der Waals surface area (Å²) in [4.78, 5) is 15.7. The van der Waals surface area contributed by atoms with Crippen LogP contribution in [0.25, 0.3) is 0 Å². The number of nitrogens with zero attached hydrogens (tertiary/aromatic N) is 2. The largest absolute Gasteiger partial charge is 0.466 e. The van der Waals surface area contributed by atoms with E-state index in [0.29, 0.717) is 6.42 Å². The first-order valence-corrected chi connectivity index (χ1v) is 5.50. The number of aromatic amines is 1. The first kappa shape index (κ1) is 12.1. The topological polar surface area (TPSA) is 79.9 Å². The Hall–Kier alpha value is -2.37. The maximum Gasteiger partial charge on any atom is 0.336 e. The van der Waals surface area contributed by atoms with E-state index >= 15 is 0 Å². The van der Waals surface area contributed by atoms with Crippen LogP contribution in [0.4, 0.5) is 5.95 Å². The summed E-state index contributed by atoms with van der Waals surface area (Å²) in [5.41, 5.74) is 2.07. The van der Waals surface area contributed by atoms with Crippen molar-refractivity contribution >= 4 is 11.9 Å². The lowest BCUT2D eigenvalue weighted by Crippen LogP contribution is -2.15. The van der Waals surface area contributed by atoms with Gasteiger partial charge in [-0.3, -0.25) is 10.1 Å². The van der Waals surface area contributed by atoms with Crippen molar-refractivity contribution in [2.24, 2.45) is 0 Å². The van der Waals surface area contributed by atoms with Crippen LogP contribution in [-0.2, 0) is 11.2 Å². The van der Waals surface area contributed by atoms with Gasteiger partial charge < -0.3 is 4.74 Å². The van der Waals surface area contributed by atoms with Crippen LogP contribution >= 0.6 is 0 Å². The van der Waals surface area contributed by atoms with Gasteiger partial charge in [-0.1, -0.05) is 24.3 Å². The number of ether oxygens (including phenoxy) is 1. The van der Waals surface area contributed by atoms with Crippen LogP contribution in [0.1, 0.15) is 11.1 Å². The second-order valence-corrected chi connectivity index (χ2v) is 3.82. The van der Waals surface area contributed by atoms with Crippen molar-refractivity contribution in [3.63, 3.8) is 0 Å². The average molecular weight is 246 g/mol. The predicted octanol–water partition coefficient (Wildman–Crippen LogP) is 1.30. The van der Waals surface area contributed by atoms with Crippen molar-refractivity contribution in [3.8, 4) is 6.01 Å². The van der Waals surface area contributed by atoms with Gasteiger partial charge in [-0.25, -0.2) is 5.10 Å². The number of methoxy groups -OCH3 is 1. The van der Waals surface area contributed by atoms with E-state index in [9.17, 15) is 4.79 Å². The molecule has 0 aliphatic carbocycles. The molecule has 2 rings (SSSR count). The summed E-state index contributed by atoms with van der Waals surface area (Å²) < 4.78 is 4.81. The smallest absolute Gasteiger partial charge is 0.336 e. The molecule has 18 heavy (non-hydrogen) atoms. The Balaban J connectivity index is 1.99. The third-order valence-electron chi connectivity index (χ3n) is 2.52. The van der Waals surface area contributed by atoms with Crippen LogP contribution < -0.4 is 10.1 Å². The summed E-state index contributed by atoms with van der Waals surface area (Å²) in [6.45, 7) is 1.97. The molecule has 0 saturated carbocycles. The van der Waals surface area contributed by atoms with Gasteiger partial charge in [0.05, 0.1) is 13.5 Å². The van der Waals surface area contributed by atoms with Gasteiger partial charge in [-0.2, -0.15) is 4.98 Å². The molecule has 0 saturated heterocycles. The molecule has 1 aromatic carbocycles.